The molecule has 5 saturated carbocycles. The summed E-state index contributed by atoms with van der Waals surface area (Å²) in [6.07, 6.45) is 0.117. The molecule has 7 N–H and O–H groups in total. The van der Waals surface area contributed by atoms with Crippen molar-refractivity contribution in [2.45, 2.75) is 160 Å². The lowest BCUT2D eigenvalue weighted by atomic mass is 9.40. The molecule has 10 nitrogen and oxygen atoms in total. The zero-order chi connectivity index (χ0) is 32.8. The maximum Gasteiger partial charge on any atom is 0.186 e. The van der Waals surface area contributed by atoms with Crippen molar-refractivity contribution in [2.24, 2.45) is 44.8 Å². The van der Waals surface area contributed by atoms with Crippen LogP contribution >= 0.6 is 0 Å². The van der Waals surface area contributed by atoms with Gasteiger partial charge in [0.2, 0.25) is 0 Å². The smallest absolute Gasteiger partial charge is 0.186 e. The molecule has 2 spiro atoms. The lowest BCUT2D eigenvalue weighted by Crippen LogP contribution is -2.66. The molecule has 0 aromatic heterocycles. The van der Waals surface area contributed by atoms with E-state index in [9.17, 15) is 35.7 Å². The van der Waals surface area contributed by atoms with Crippen LogP contribution in [-0.4, -0.2) is 109 Å². The van der Waals surface area contributed by atoms with Gasteiger partial charge in [-0.2, -0.15) is 0 Å². The monoisotopic (exact) mass is 638 g/mol. The zero-order valence-corrected chi connectivity index (χ0v) is 28.0. The fourth-order valence-electron chi connectivity index (χ4n) is 13.5. The van der Waals surface area contributed by atoms with Crippen LogP contribution in [0.3, 0.4) is 0 Å². The highest BCUT2D eigenvalue weighted by atomic mass is 16.7. The molecule has 0 amide bonds. The molecule has 7 aliphatic rings. The van der Waals surface area contributed by atoms with Gasteiger partial charge >= 0.3 is 0 Å². The van der Waals surface area contributed by atoms with E-state index in [1.54, 1.807) is 13.8 Å². The summed E-state index contributed by atoms with van der Waals surface area (Å²) in [6, 6.07) is 0. The van der Waals surface area contributed by atoms with Gasteiger partial charge in [0.25, 0.3) is 0 Å². The molecule has 5 aliphatic carbocycles. The Bertz CT molecular complexity index is 1170. The van der Waals surface area contributed by atoms with Crippen LogP contribution in [0.1, 0.15) is 99.3 Å². The van der Waals surface area contributed by atoms with E-state index in [0.717, 1.165) is 32.1 Å². The summed E-state index contributed by atoms with van der Waals surface area (Å²) in [5.74, 6) is 0.0995. The normalized spacial score (nSPS) is 58.7. The van der Waals surface area contributed by atoms with Crippen LogP contribution in [0.2, 0.25) is 0 Å². The van der Waals surface area contributed by atoms with Crippen LogP contribution < -0.4 is 0 Å². The summed E-state index contributed by atoms with van der Waals surface area (Å²) in [5, 5.41) is 77.2. The summed E-state index contributed by atoms with van der Waals surface area (Å²) < 4.78 is 18.6. The van der Waals surface area contributed by atoms with E-state index in [1.807, 2.05) is 6.92 Å². The van der Waals surface area contributed by atoms with Crippen LogP contribution in [0.4, 0.5) is 0 Å². The molecule has 7 rings (SSSR count). The third-order valence-electron chi connectivity index (χ3n) is 15.5. The van der Waals surface area contributed by atoms with Gasteiger partial charge in [-0.15, -0.1) is 0 Å². The van der Waals surface area contributed by atoms with E-state index in [0.29, 0.717) is 31.6 Å². The first-order valence-corrected chi connectivity index (χ1v) is 17.5. The van der Waals surface area contributed by atoms with Gasteiger partial charge in [0.15, 0.2) is 6.29 Å². The van der Waals surface area contributed by atoms with Crippen molar-refractivity contribution in [1.82, 2.24) is 0 Å². The first kappa shape index (κ1) is 33.1. The van der Waals surface area contributed by atoms with E-state index in [2.05, 4.69) is 20.8 Å². The maximum atomic E-state index is 12.4. The van der Waals surface area contributed by atoms with E-state index in [1.165, 1.54) is 0 Å². The molecular formula is C35H58O10. The third-order valence-corrected chi connectivity index (χ3v) is 15.5. The zero-order valence-electron chi connectivity index (χ0n) is 28.0. The van der Waals surface area contributed by atoms with Crippen LogP contribution in [0, 0.1) is 44.8 Å². The second-order valence-electron chi connectivity index (χ2n) is 18.1. The molecule has 10 heteroatoms. The van der Waals surface area contributed by atoms with Gasteiger partial charge in [-0.3, -0.25) is 0 Å². The Kier molecular flexibility index (Phi) is 7.42. The minimum absolute atomic E-state index is 0.0232. The summed E-state index contributed by atoms with van der Waals surface area (Å²) in [5.41, 5.74) is -3.54. The third kappa shape index (κ3) is 4.10. The second kappa shape index (κ2) is 10.1. The fourth-order valence-corrected chi connectivity index (χ4v) is 13.5. The first-order valence-electron chi connectivity index (χ1n) is 17.5. The lowest BCUT2D eigenvalue weighted by molar-refractivity contribution is -0.304. The van der Waals surface area contributed by atoms with Crippen molar-refractivity contribution in [2.75, 3.05) is 13.2 Å². The van der Waals surface area contributed by atoms with Crippen LogP contribution in [0.15, 0.2) is 0 Å². The number of ether oxygens (including phenoxy) is 3. The predicted molar refractivity (Wildman–Crippen MR) is 163 cm³/mol. The molecule has 0 unspecified atom stereocenters. The van der Waals surface area contributed by atoms with E-state index < -0.39 is 64.8 Å². The largest absolute Gasteiger partial charge is 0.396 e. The van der Waals surface area contributed by atoms with Gasteiger partial charge in [0, 0.05) is 11.3 Å². The van der Waals surface area contributed by atoms with Crippen molar-refractivity contribution in [1.29, 1.82) is 0 Å². The standard InChI is InChI=1S/C35H58O10/c1-29(2)20-7-8-21-31(5)13-18(37)27(32(6)11-9-24(45-32)30(3,4)42)35(31,17-36)22(39)14-34(21)16-33(20,34)12-10-23(29)44-28-26(41)25(40)19(38)15-43-28/h18-28,36-42H,7-17H2,1-6H3/t18-,19+,20+,21+,22+,23-,24+,25-,26+,27+,28-,31-,32-,33+,34-,35+/m0/s1. The van der Waals surface area contributed by atoms with Gasteiger partial charge in [-0.1, -0.05) is 20.8 Å². The molecule has 16 atom stereocenters. The number of hydrogen-bond donors (Lipinski definition) is 7. The Balaban J connectivity index is 1.17. The highest BCUT2D eigenvalue weighted by molar-refractivity contribution is 5.34. The molecule has 7 fully saturated rings. The molecule has 0 aromatic rings. The molecule has 2 heterocycles. The Morgan fingerprint density at radius 2 is 1.51 bits per heavy atom. The van der Waals surface area contributed by atoms with Gasteiger partial charge < -0.3 is 50.0 Å². The quantitative estimate of drug-likeness (QED) is 0.221. The maximum absolute atomic E-state index is 12.4. The Labute approximate surface area is 267 Å². The van der Waals surface area contributed by atoms with E-state index in [4.69, 9.17) is 14.2 Å². The van der Waals surface area contributed by atoms with Gasteiger partial charge in [0.05, 0.1) is 48.8 Å². The van der Waals surface area contributed by atoms with Crippen molar-refractivity contribution in [3.63, 3.8) is 0 Å². The van der Waals surface area contributed by atoms with Crippen LogP contribution in [-0.2, 0) is 14.2 Å². The van der Waals surface area contributed by atoms with Crippen molar-refractivity contribution < 1.29 is 50.0 Å². The number of aliphatic hydroxyl groups is 7. The minimum Gasteiger partial charge on any atom is -0.396 e. The Morgan fingerprint density at radius 1 is 0.822 bits per heavy atom. The molecule has 2 aliphatic heterocycles. The minimum atomic E-state index is -1.32. The van der Waals surface area contributed by atoms with Crippen LogP contribution in [0.25, 0.3) is 0 Å². The fraction of sp³-hybridized carbons (Fsp3) is 1.00. The van der Waals surface area contributed by atoms with Gasteiger partial charge in [-0.05, 0) is 112 Å². The van der Waals surface area contributed by atoms with Gasteiger partial charge in [0.1, 0.15) is 18.3 Å². The molecule has 2 saturated heterocycles. The second-order valence-corrected chi connectivity index (χ2v) is 18.1. The lowest BCUT2D eigenvalue weighted by Gasteiger charge is -2.65. The van der Waals surface area contributed by atoms with Crippen molar-refractivity contribution in [3.05, 3.63) is 0 Å². The number of hydrogen-bond acceptors (Lipinski definition) is 10. The van der Waals surface area contributed by atoms with E-state index >= 15 is 0 Å². The molecule has 0 aromatic carbocycles. The Hall–Kier alpha value is -0.400. The molecule has 258 valence electrons. The van der Waals surface area contributed by atoms with Crippen molar-refractivity contribution in [3.8, 4) is 0 Å². The number of rotatable bonds is 5. The van der Waals surface area contributed by atoms with Crippen molar-refractivity contribution >= 4 is 0 Å². The summed E-state index contributed by atoms with van der Waals surface area (Å²) in [7, 11) is 0. The SMILES string of the molecule is CC(C)(O)[C@H]1CC[C@@](C)([C@H]2[C@@H](O)C[C@@]3(C)[C@H]4CC[C@@H]5C(C)(C)[C@@H](O[C@@H]6OC[C@@H](O)[C@H](O)[C@H]6O)CC[C@@]56C[C@@]46C[C@@H](O)[C@]23CO)O1. The van der Waals surface area contributed by atoms with Gasteiger partial charge in [-0.25, -0.2) is 0 Å². The molecule has 0 radical (unpaired) electrons. The molecular weight excluding hydrogens is 580 g/mol. The molecule has 0 bridgehead atoms. The Morgan fingerprint density at radius 3 is 2.16 bits per heavy atom. The summed E-state index contributed by atoms with van der Waals surface area (Å²) >= 11 is 0. The predicted octanol–water partition coefficient (Wildman–Crippen LogP) is 1.87. The van der Waals surface area contributed by atoms with E-state index in [-0.39, 0.29) is 47.6 Å². The molecule has 45 heavy (non-hydrogen) atoms. The number of aliphatic hydroxyl groups excluding tert-OH is 6. The highest BCUT2D eigenvalue weighted by Crippen LogP contribution is 2.89. The topological polar surface area (TPSA) is 169 Å². The summed E-state index contributed by atoms with van der Waals surface area (Å²) in [4.78, 5) is 0. The van der Waals surface area contributed by atoms with Crippen LogP contribution in [0.5, 0.6) is 0 Å². The number of fused-ring (bicyclic) bond motifs is 2. The summed E-state index contributed by atoms with van der Waals surface area (Å²) in [6.45, 7) is 11.9. The average molecular weight is 639 g/mol. The average Bonchev–Trinajstić information content (AvgIpc) is 3.27. The highest BCUT2D eigenvalue weighted by Gasteiger charge is 2.86. The first-order chi connectivity index (χ1) is 20.8.